The second kappa shape index (κ2) is 7.72. The molecule has 0 fully saturated rings. The molecule has 0 atom stereocenters. The van der Waals surface area contributed by atoms with E-state index in [2.05, 4.69) is 12.2 Å². The summed E-state index contributed by atoms with van der Waals surface area (Å²) in [5.74, 6) is 2.01. The lowest BCUT2D eigenvalue weighted by Crippen LogP contribution is -2.11. The molecule has 1 amide bonds. The molecule has 4 rings (SSSR count). The molecular formula is C21H19NO4S. The lowest BCUT2D eigenvalue weighted by atomic mass is 10.1. The van der Waals surface area contributed by atoms with Crippen molar-refractivity contribution in [2.24, 2.45) is 0 Å². The average molecular weight is 381 g/mol. The highest BCUT2D eigenvalue weighted by molar-refractivity contribution is 7.12. The molecule has 2 aromatic carbocycles. The van der Waals surface area contributed by atoms with Crippen LogP contribution in [0, 0.1) is 0 Å². The number of nitrogens with one attached hydrogen (secondary N) is 1. The van der Waals surface area contributed by atoms with Crippen LogP contribution in [0.1, 0.15) is 27.7 Å². The number of anilines is 1. The molecular weight excluding hydrogens is 362 g/mol. The third-order valence-corrected chi connectivity index (χ3v) is 5.25. The van der Waals surface area contributed by atoms with Crippen LogP contribution in [0.3, 0.4) is 0 Å². The van der Waals surface area contributed by atoms with E-state index in [-0.39, 0.29) is 12.7 Å². The van der Waals surface area contributed by atoms with E-state index < -0.39 is 0 Å². The Labute approximate surface area is 161 Å². The summed E-state index contributed by atoms with van der Waals surface area (Å²) in [6.07, 6.45) is 0.871. The first-order chi connectivity index (χ1) is 13.2. The van der Waals surface area contributed by atoms with E-state index in [1.807, 2.05) is 53.9 Å². The van der Waals surface area contributed by atoms with Crippen molar-refractivity contribution >= 4 is 22.9 Å². The van der Waals surface area contributed by atoms with Crippen molar-refractivity contribution in [3.05, 3.63) is 69.9 Å². The number of amides is 1. The van der Waals surface area contributed by atoms with Gasteiger partial charge in [0.2, 0.25) is 6.79 Å². The normalized spacial score (nSPS) is 12.0. The average Bonchev–Trinajstić information content (AvgIpc) is 3.35. The monoisotopic (exact) mass is 381 g/mol. The Kier molecular flexibility index (Phi) is 4.98. The van der Waals surface area contributed by atoms with Gasteiger partial charge in [0.1, 0.15) is 12.4 Å². The predicted molar refractivity (Wildman–Crippen MR) is 105 cm³/mol. The highest BCUT2D eigenvalue weighted by atomic mass is 32.1. The van der Waals surface area contributed by atoms with Gasteiger partial charge >= 0.3 is 0 Å². The summed E-state index contributed by atoms with van der Waals surface area (Å²) in [6, 6.07) is 15.2. The van der Waals surface area contributed by atoms with Crippen molar-refractivity contribution in [2.75, 3.05) is 12.1 Å². The molecule has 1 N–H and O–H groups in total. The molecule has 0 radical (unpaired) electrons. The molecule has 0 spiro atoms. The molecule has 5 nitrogen and oxygen atoms in total. The van der Waals surface area contributed by atoms with E-state index in [0.29, 0.717) is 23.0 Å². The Morgan fingerprint density at radius 1 is 1.15 bits per heavy atom. The van der Waals surface area contributed by atoms with E-state index in [1.165, 1.54) is 11.3 Å². The van der Waals surface area contributed by atoms with E-state index in [1.54, 1.807) is 0 Å². The van der Waals surface area contributed by atoms with Gasteiger partial charge in [-0.3, -0.25) is 4.79 Å². The fourth-order valence-corrected chi connectivity index (χ4v) is 3.63. The number of fused-ring (bicyclic) bond motifs is 1. The molecule has 3 aromatic rings. The van der Waals surface area contributed by atoms with Gasteiger partial charge in [-0.2, -0.15) is 0 Å². The van der Waals surface area contributed by atoms with E-state index in [4.69, 9.17) is 14.2 Å². The molecule has 1 aliphatic rings. The molecule has 1 aliphatic heterocycles. The second-order valence-corrected chi connectivity index (χ2v) is 7.00. The fraction of sp³-hybridized carbons (Fsp3) is 0.190. The van der Waals surface area contributed by atoms with Gasteiger partial charge in [0.05, 0.1) is 4.88 Å². The number of aryl methyl sites for hydroxylation is 1. The summed E-state index contributed by atoms with van der Waals surface area (Å²) in [4.78, 5) is 13.2. The van der Waals surface area contributed by atoms with Crippen molar-refractivity contribution in [3.63, 3.8) is 0 Å². The highest BCUT2D eigenvalue weighted by Crippen LogP contribution is 2.35. The van der Waals surface area contributed by atoms with Crippen molar-refractivity contribution in [3.8, 4) is 17.2 Å². The summed E-state index contributed by atoms with van der Waals surface area (Å²) in [5.41, 5.74) is 2.93. The summed E-state index contributed by atoms with van der Waals surface area (Å²) in [6.45, 7) is 2.69. The Bertz CT molecular complexity index is 966. The largest absolute Gasteiger partial charge is 0.489 e. The van der Waals surface area contributed by atoms with Crippen LogP contribution in [0.15, 0.2) is 53.9 Å². The predicted octanol–water partition coefficient (Wildman–Crippen LogP) is 4.87. The number of hydrogen-bond donors (Lipinski definition) is 1. The van der Waals surface area contributed by atoms with Crippen LogP contribution >= 0.6 is 11.3 Å². The first-order valence-corrected chi connectivity index (χ1v) is 9.60. The first-order valence-electron chi connectivity index (χ1n) is 8.72. The summed E-state index contributed by atoms with van der Waals surface area (Å²) >= 11 is 1.41. The molecule has 0 aliphatic carbocycles. The molecule has 138 valence electrons. The summed E-state index contributed by atoms with van der Waals surface area (Å²) < 4.78 is 16.4. The van der Waals surface area contributed by atoms with Crippen LogP contribution in [-0.4, -0.2) is 12.7 Å². The van der Waals surface area contributed by atoms with Crippen LogP contribution < -0.4 is 19.5 Å². The van der Waals surface area contributed by atoms with E-state index in [9.17, 15) is 4.79 Å². The highest BCUT2D eigenvalue weighted by Gasteiger charge is 2.15. The zero-order valence-corrected chi connectivity index (χ0v) is 15.7. The van der Waals surface area contributed by atoms with Gasteiger partial charge in [0.25, 0.3) is 5.91 Å². The number of rotatable bonds is 6. The Balaban J connectivity index is 1.38. The first kappa shape index (κ1) is 17.4. The van der Waals surface area contributed by atoms with Crippen molar-refractivity contribution in [1.82, 2.24) is 0 Å². The minimum absolute atomic E-state index is 0.102. The van der Waals surface area contributed by atoms with Gasteiger partial charge in [-0.15, -0.1) is 11.3 Å². The molecule has 6 heteroatoms. The lowest BCUT2D eigenvalue weighted by molar-refractivity contribution is 0.103. The van der Waals surface area contributed by atoms with Crippen LogP contribution in [0.2, 0.25) is 0 Å². The molecule has 2 heterocycles. The smallest absolute Gasteiger partial charge is 0.265 e. The van der Waals surface area contributed by atoms with E-state index >= 15 is 0 Å². The topological polar surface area (TPSA) is 56.8 Å². The van der Waals surface area contributed by atoms with E-state index in [0.717, 1.165) is 29.0 Å². The van der Waals surface area contributed by atoms with Gasteiger partial charge in [0, 0.05) is 17.3 Å². The van der Waals surface area contributed by atoms with Crippen LogP contribution in [-0.2, 0) is 13.0 Å². The molecule has 27 heavy (non-hydrogen) atoms. The summed E-state index contributed by atoms with van der Waals surface area (Å²) in [5, 5.41) is 4.93. The Morgan fingerprint density at radius 3 is 2.89 bits per heavy atom. The second-order valence-electron chi connectivity index (χ2n) is 6.09. The molecule has 0 unspecified atom stereocenters. The minimum atomic E-state index is -0.102. The minimum Gasteiger partial charge on any atom is -0.489 e. The number of benzene rings is 2. The van der Waals surface area contributed by atoms with Crippen molar-refractivity contribution < 1.29 is 19.0 Å². The SMILES string of the molecule is CCc1ccccc1NC(=O)c1cc(COc2ccc3c(c2)OCO3)cs1. The maximum Gasteiger partial charge on any atom is 0.265 e. The molecule has 1 aromatic heterocycles. The third-order valence-electron chi connectivity index (χ3n) is 4.27. The van der Waals surface area contributed by atoms with Crippen LogP contribution in [0.4, 0.5) is 5.69 Å². The van der Waals surface area contributed by atoms with Gasteiger partial charge < -0.3 is 19.5 Å². The number of hydrogen-bond acceptors (Lipinski definition) is 5. The maximum absolute atomic E-state index is 12.5. The van der Waals surface area contributed by atoms with Crippen molar-refractivity contribution in [1.29, 1.82) is 0 Å². The quantitative estimate of drug-likeness (QED) is 0.662. The molecule has 0 bridgehead atoms. The summed E-state index contributed by atoms with van der Waals surface area (Å²) in [7, 11) is 0. The van der Waals surface area contributed by atoms with Gasteiger partial charge in [-0.05, 0) is 41.6 Å². The number of thiophene rings is 1. The van der Waals surface area contributed by atoms with Gasteiger partial charge in [0.15, 0.2) is 11.5 Å². The fourth-order valence-electron chi connectivity index (χ4n) is 2.84. The number of carbonyl (C=O) groups is 1. The molecule has 0 saturated carbocycles. The Morgan fingerprint density at radius 2 is 2.00 bits per heavy atom. The molecule has 0 saturated heterocycles. The van der Waals surface area contributed by atoms with Crippen LogP contribution in [0.25, 0.3) is 0 Å². The Hall–Kier alpha value is -2.99. The number of ether oxygens (including phenoxy) is 3. The third kappa shape index (κ3) is 3.90. The van der Waals surface area contributed by atoms with Gasteiger partial charge in [-0.1, -0.05) is 25.1 Å². The standard InChI is InChI=1S/C21H19NO4S/c1-2-15-5-3-4-6-17(15)22-21(23)20-9-14(12-27-20)11-24-16-7-8-18-19(10-16)26-13-25-18/h3-10,12H,2,11,13H2,1H3,(H,22,23). The zero-order chi connectivity index (χ0) is 18.6. The van der Waals surface area contributed by atoms with Crippen molar-refractivity contribution in [2.45, 2.75) is 20.0 Å². The lowest BCUT2D eigenvalue weighted by Gasteiger charge is -2.08. The zero-order valence-electron chi connectivity index (χ0n) is 14.9. The van der Waals surface area contributed by atoms with Gasteiger partial charge in [-0.25, -0.2) is 0 Å². The maximum atomic E-state index is 12.5. The van der Waals surface area contributed by atoms with Crippen LogP contribution in [0.5, 0.6) is 17.2 Å². The number of para-hydroxylation sites is 1. The number of carbonyl (C=O) groups excluding carboxylic acids is 1.